The summed E-state index contributed by atoms with van der Waals surface area (Å²) >= 11 is 7.54. The van der Waals surface area contributed by atoms with Crippen molar-refractivity contribution in [3.63, 3.8) is 0 Å². The highest BCUT2D eigenvalue weighted by Crippen LogP contribution is 2.33. The molecule has 28 heavy (non-hydrogen) atoms. The monoisotopic (exact) mass is 414 g/mol. The van der Waals surface area contributed by atoms with Crippen LogP contribution < -0.4 is 0 Å². The third-order valence-electron chi connectivity index (χ3n) is 4.59. The van der Waals surface area contributed by atoms with Crippen molar-refractivity contribution < 1.29 is 9.21 Å². The zero-order valence-electron chi connectivity index (χ0n) is 15.4. The van der Waals surface area contributed by atoms with E-state index in [9.17, 15) is 4.79 Å². The summed E-state index contributed by atoms with van der Waals surface area (Å²) in [5, 5.41) is 9.40. The van der Waals surface area contributed by atoms with Gasteiger partial charge >= 0.3 is 0 Å². The van der Waals surface area contributed by atoms with Gasteiger partial charge in [-0.05, 0) is 56.1 Å². The molecule has 144 valence electrons. The van der Waals surface area contributed by atoms with Crippen molar-refractivity contribution in [3.8, 4) is 11.5 Å². The predicted molar refractivity (Wildman–Crippen MR) is 108 cm³/mol. The first-order valence-electron chi connectivity index (χ1n) is 9.13. The first kappa shape index (κ1) is 19.0. The standard InChI is InChI=1S/C20H19ClN4O2S/c1-13-5-7-14(8-6-13)17-23-24-20(27-17)28-18-16(21)11-15(12-22-18)19(26)25-9-3-2-4-10-25/h5-8,11-12H,2-4,9-10H2,1H3. The summed E-state index contributed by atoms with van der Waals surface area (Å²) in [5.41, 5.74) is 2.52. The number of carbonyl (C=O) groups excluding carboxylic acids is 1. The van der Waals surface area contributed by atoms with Crippen molar-refractivity contribution in [1.82, 2.24) is 20.1 Å². The lowest BCUT2D eigenvalue weighted by atomic mass is 10.1. The van der Waals surface area contributed by atoms with Gasteiger partial charge in [-0.3, -0.25) is 4.79 Å². The number of carbonyl (C=O) groups is 1. The van der Waals surface area contributed by atoms with Crippen LogP contribution in [0.5, 0.6) is 0 Å². The van der Waals surface area contributed by atoms with Crippen LogP contribution in [0.25, 0.3) is 11.5 Å². The van der Waals surface area contributed by atoms with Gasteiger partial charge in [0.2, 0.25) is 5.89 Å². The van der Waals surface area contributed by atoms with Crippen molar-refractivity contribution in [2.24, 2.45) is 0 Å². The van der Waals surface area contributed by atoms with E-state index < -0.39 is 0 Å². The quantitative estimate of drug-likeness (QED) is 0.606. The van der Waals surface area contributed by atoms with Crippen LogP contribution in [0.4, 0.5) is 0 Å². The van der Waals surface area contributed by atoms with Crippen LogP contribution in [-0.2, 0) is 0 Å². The van der Waals surface area contributed by atoms with Gasteiger partial charge in [-0.25, -0.2) is 4.98 Å². The molecule has 0 spiro atoms. The zero-order chi connectivity index (χ0) is 19.5. The lowest BCUT2D eigenvalue weighted by Gasteiger charge is -2.26. The van der Waals surface area contributed by atoms with Crippen molar-refractivity contribution in [1.29, 1.82) is 0 Å². The van der Waals surface area contributed by atoms with Gasteiger partial charge in [0, 0.05) is 24.8 Å². The second kappa shape index (κ2) is 8.32. The third kappa shape index (κ3) is 4.20. The van der Waals surface area contributed by atoms with Gasteiger partial charge in [-0.2, -0.15) is 0 Å². The molecule has 1 saturated heterocycles. The minimum atomic E-state index is -0.0231. The van der Waals surface area contributed by atoms with Crippen LogP contribution in [0.15, 0.2) is 51.2 Å². The van der Waals surface area contributed by atoms with Gasteiger partial charge in [0.15, 0.2) is 0 Å². The number of benzene rings is 1. The molecule has 1 amide bonds. The Morgan fingerprint density at radius 3 is 2.61 bits per heavy atom. The first-order chi connectivity index (χ1) is 13.6. The molecule has 3 aromatic rings. The van der Waals surface area contributed by atoms with E-state index in [1.807, 2.05) is 36.1 Å². The van der Waals surface area contributed by atoms with Crippen molar-refractivity contribution in [2.45, 2.75) is 36.4 Å². The number of rotatable bonds is 4. The topological polar surface area (TPSA) is 72.1 Å². The van der Waals surface area contributed by atoms with Gasteiger partial charge in [0.05, 0.1) is 10.6 Å². The third-order valence-corrected chi connectivity index (χ3v) is 5.85. The summed E-state index contributed by atoms with van der Waals surface area (Å²) in [6.45, 7) is 3.60. The van der Waals surface area contributed by atoms with Crippen molar-refractivity contribution >= 4 is 29.3 Å². The van der Waals surface area contributed by atoms with E-state index in [0.29, 0.717) is 26.7 Å². The highest BCUT2D eigenvalue weighted by atomic mass is 35.5. The van der Waals surface area contributed by atoms with E-state index in [1.54, 1.807) is 12.3 Å². The van der Waals surface area contributed by atoms with E-state index >= 15 is 0 Å². The molecule has 1 aliphatic heterocycles. The van der Waals surface area contributed by atoms with Crippen LogP contribution in [0, 0.1) is 6.92 Å². The molecule has 0 atom stereocenters. The summed E-state index contributed by atoms with van der Waals surface area (Å²) in [6.07, 6.45) is 4.82. The Labute approximate surface area is 172 Å². The van der Waals surface area contributed by atoms with Crippen molar-refractivity contribution in [3.05, 3.63) is 52.7 Å². The number of likely N-dealkylation sites (tertiary alicyclic amines) is 1. The molecule has 1 aromatic carbocycles. The molecule has 1 aliphatic rings. The normalized spacial score (nSPS) is 14.3. The minimum Gasteiger partial charge on any atom is -0.411 e. The van der Waals surface area contributed by atoms with E-state index in [2.05, 4.69) is 15.2 Å². The maximum absolute atomic E-state index is 12.6. The summed E-state index contributed by atoms with van der Waals surface area (Å²) in [6, 6.07) is 9.50. The molecule has 2 aromatic heterocycles. The Balaban J connectivity index is 1.48. The molecule has 0 unspecified atom stereocenters. The van der Waals surface area contributed by atoms with E-state index in [-0.39, 0.29) is 5.91 Å². The average molecular weight is 415 g/mol. The fourth-order valence-electron chi connectivity index (χ4n) is 3.04. The van der Waals surface area contributed by atoms with Crippen LogP contribution in [0.1, 0.15) is 35.2 Å². The number of hydrogen-bond donors (Lipinski definition) is 0. The van der Waals surface area contributed by atoms with E-state index in [1.165, 1.54) is 18.2 Å². The zero-order valence-corrected chi connectivity index (χ0v) is 17.0. The molecule has 0 saturated carbocycles. The Bertz CT molecular complexity index is 984. The number of hydrogen-bond acceptors (Lipinski definition) is 6. The molecule has 0 bridgehead atoms. The summed E-state index contributed by atoms with van der Waals surface area (Å²) in [7, 11) is 0. The Morgan fingerprint density at radius 1 is 1.14 bits per heavy atom. The molecule has 0 N–H and O–H groups in total. The summed E-state index contributed by atoms with van der Waals surface area (Å²) < 4.78 is 5.71. The first-order valence-corrected chi connectivity index (χ1v) is 10.3. The molecular formula is C20H19ClN4O2S. The molecular weight excluding hydrogens is 396 g/mol. The summed E-state index contributed by atoms with van der Waals surface area (Å²) in [4.78, 5) is 18.8. The van der Waals surface area contributed by atoms with Gasteiger partial charge in [-0.15, -0.1) is 10.2 Å². The summed E-state index contributed by atoms with van der Waals surface area (Å²) in [5.74, 6) is 0.417. The highest BCUT2D eigenvalue weighted by Gasteiger charge is 2.20. The number of aryl methyl sites for hydroxylation is 1. The Hall–Kier alpha value is -2.38. The fraction of sp³-hybridized carbons (Fsp3) is 0.300. The van der Waals surface area contributed by atoms with E-state index in [0.717, 1.165) is 37.1 Å². The highest BCUT2D eigenvalue weighted by molar-refractivity contribution is 7.99. The number of halogens is 1. The smallest absolute Gasteiger partial charge is 0.283 e. The largest absolute Gasteiger partial charge is 0.411 e. The van der Waals surface area contributed by atoms with Crippen LogP contribution in [0.2, 0.25) is 5.02 Å². The molecule has 4 rings (SSSR count). The molecule has 3 heterocycles. The van der Waals surface area contributed by atoms with Gasteiger partial charge < -0.3 is 9.32 Å². The molecule has 6 nitrogen and oxygen atoms in total. The van der Waals surface area contributed by atoms with Crippen LogP contribution in [0.3, 0.4) is 0 Å². The lowest BCUT2D eigenvalue weighted by molar-refractivity contribution is 0.0724. The molecule has 1 fully saturated rings. The lowest BCUT2D eigenvalue weighted by Crippen LogP contribution is -2.35. The van der Waals surface area contributed by atoms with Crippen LogP contribution >= 0.6 is 23.4 Å². The maximum atomic E-state index is 12.6. The second-order valence-corrected chi connectivity index (χ2v) is 8.05. The number of amides is 1. The molecule has 0 radical (unpaired) electrons. The fourth-order valence-corrected chi connectivity index (χ4v) is 3.96. The molecule has 8 heteroatoms. The van der Waals surface area contributed by atoms with Gasteiger partial charge in [0.1, 0.15) is 5.03 Å². The van der Waals surface area contributed by atoms with Crippen molar-refractivity contribution in [2.75, 3.05) is 13.1 Å². The van der Waals surface area contributed by atoms with Gasteiger partial charge in [-0.1, -0.05) is 29.3 Å². The van der Waals surface area contributed by atoms with E-state index in [4.69, 9.17) is 16.0 Å². The second-order valence-electron chi connectivity index (χ2n) is 6.71. The molecule has 0 aliphatic carbocycles. The number of aromatic nitrogens is 3. The maximum Gasteiger partial charge on any atom is 0.283 e. The number of piperidine rings is 1. The number of nitrogens with zero attached hydrogens (tertiary/aromatic N) is 4. The predicted octanol–water partition coefficient (Wildman–Crippen LogP) is 4.87. The average Bonchev–Trinajstić information content (AvgIpc) is 3.19. The Morgan fingerprint density at radius 2 is 1.89 bits per heavy atom. The SMILES string of the molecule is Cc1ccc(-c2nnc(Sc3ncc(C(=O)N4CCCCC4)cc3Cl)o2)cc1. The van der Waals surface area contributed by atoms with Gasteiger partial charge in [0.25, 0.3) is 11.1 Å². The number of pyridine rings is 1. The minimum absolute atomic E-state index is 0.0231. The Kier molecular flexibility index (Phi) is 5.64. The van der Waals surface area contributed by atoms with Crippen LogP contribution in [-0.4, -0.2) is 39.1 Å².